The van der Waals surface area contributed by atoms with Gasteiger partial charge in [-0.3, -0.25) is 19.2 Å². The van der Waals surface area contributed by atoms with Gasteiger partial charge < -0.3 is 85.4 Å². The molecule has 3 aliphatic heterocycles. The first-order valence-corrected chi connectivity index (χ1v) is 18.0. The van der Waals surface area contributed by atoms with E-state index in [1.807, 2.05) is 0 Å². The van der Waals surface area contributed by atoms with E-state index >= 15 is 0 Å². The van der Waals surface area contributed by atoms with E-state index in [0.717, 1.165) is 6.42 Å². The van der Waals surface area contributed by atoms with Gasteiger partial charge in [0.25, 0.3) is 0 Å². The largest absolute Gasteiger partial charge is 0.441 e. The molecule has 53 heavy (non-hydrogen) atoms. The van der Waals surface area contributed by atoms with Crippen molar-refractivity contribution in [2.24, 2.45) is 33.7 Å². The van der Waals surface area contributed by atoms with Crippen LogP contribution in [0.25, 0.3) is 0 Å². The standard InChI is InChI=1S/C31H58N12O10/c32-7-1-4-15(33)10-20(46)37-8-2-5-16(34)11-21(47)38-9-3-6-17(35)12-22(48)40-25-26(49)27(53-30(36)51)19(14-44)52-29(25)43-31-41-23-18(45)13-39-28(50)24(23)42-31/h15-19,23-27,29,44-45,49H,1-14,32-35H2,(H2,36,51)(H,37,46)(H,38,47)(H,39,50)(H,40,48)(H2,41,42,43). The molecule has 0 aromatic heterocycles. The lowest BCUT2D eigenvalue weighted by Gasteiger charge is -2.44. The highest BCUT2D eigenvalue weighted by molar-refractivity contribution is 5.92. The minimum atomic E-state index is -1.62. The van der Waals surface area contributed by atoms with Gasteiger partial charge in [0.1, 0.15) is 18.2 Å². The molecular formula is C31H58N12O10. The number of piperidine rings is 1. The number of hydrogen-bond acceptors (Lipinski definition) is 17. The van der Waals surface area contributed by atoms with Crippen LogP contribution in [-0.4, -0.2) is 151 Å². The fourth-order valence-electron chi connectivity index (χ4n) is 6.31. The van der Waals surface area contributed by atoms with Gasteiger partial charge in [-0.15, -0.1) is 0 Å². The molecule has 3 heterocycles. The molecule has 0 aliphatic carbocycles. The maximum Gasteiger partial charge on any atom is 0.404 e. The van der Waals surface area contributed by atoms with Crippen molar-refractivity contribution in [1.29, 1.82) is 0 Å². The smallest absolute Gasteiger partial charge is 0.404 e. The number of carbonyl (C=O) groups excluding carboxylic acids is 5. The molecule has 302 valence electrons. The van der Waals surface area contributed by atoms with Crippen molar-refractivity contribution in [3.8, 4) is 0 Å². The van der Waals surface area contributed by atoms with Gasteiger partial charge in [0.2, 0.25) is 23.6 Å². The second-order valence-corrected chi connectivity index (χ2v) is 13.6. The normalized spacial score (nSPS) is 28.2. The Hall–Kier alpha value is -3.90. The minimum Gasteiger partial charge on any atom is -0.441 e. The number of aliphatic imine (C=N–C) groups is 1. The van der Waals surface area contributed by atoms with Crippen molar-refractivity contribution in [3.63, 3.8) is 0 Å². The molecule has 0 radical (unpaired) electrons. The maximum atomic E-state index is 13.1. The van der Waals surface area contributed by atoms with Gasteiger partial charge in [-0.05, 0) is 45.1 Å². The molecule has 22 nitrogen and oxygen atoms in total. The molecule has 0 aromatic carbocycles. The number of aliphatic hydroxyl groups excluding tert-OH is 3. The summed E-state index contributed by atoms with van der Waals surface area (Å²) in [5.41, 5.74) is 28.8. The molecule has 0 saturated carbocycles. The Bertz CT molecular complexity index is 1260. The van der Waals surface area contributed by atoms with Crippen LogP contribution in [0.5, 0.6) is 0 Å². The summed E-state index contributed by atoms with van der Waals surface area (Å²) in [7, 11) is 0. The van der Waals surface area contributed by atoms with Gasteiger partial charge >= 0.3 is 6.09 Å². The van der Waals surface area contributed by atoms with E-state index in [9.17, 15) is 39.3 Å². The van der Waals surface area contributed by atoms with Crippen LogP contribution in [0.3, 0.4) is 0 Å². The molecule has 5 amide bonds. The highest BCUT2D eigenvalue weighted by Crippen LogP contribution is 2.24. The van der Waals surface area contributed by atoms with Crippen LogP contribution >= 0.6 is 0 Å². The number of guanidine groups is 1. The molecule has 2 saturated heterocycles. The van der Waals surface area contributed by atoms with E-state index in [0.29, 0.717) is 51.7 Å². The summed E-state index contributed by atoms with van der Waals surface area (Å²) >= 11 is 0. The first-order valence-electron chi connectivity index (χ1n) is 18.0. The number of fused-ring (bicyclic) bond motifs is 1. The van der Waals surface area contributed by atoms with Crippen molar-refractivity contribution in [2.45, 2.75) is 125 Å². The molecule has 11 unspecified atom stereocenters. The lowest BCUT2D eigenvalue weighted by molar-refractivity contribution is -0.198. The van der Waals surface area contributed by atoms with Gasteiger partial charge in [0.05, 0.1) is 18.8 Å². The summed E-state index contributed by atoms with van der Waals surface area (Å²) in [6.45, 7) is 0.570. The van der Waals surface area contributed by atoms with Crippen molar-refractivity contribution in [3.05, 3.63) is 0 Å². The summed E-state index contributed by atoms with van der Waals surface area (Å²) in [5.74, 6) is -1.36. The zero-order chi connectivity index (χ0) is 39.1. The molecule has 22 heteroatoms. The molecule has 19 N–H and O–H groups in total. The lowest BCUT2D eigenvalue weighted by Crippen LogP contribution is -2.70. The number of carbonyl (C=O) groups is 5. The number of hydrogen-bond donors (Lipinski definition) is 14. The molecular weight excluding hydrogens is 700 g/mol. The maximum absolute atomic E-state index is 13.1. The molecule has 3 rings (SSSR count). The van der Waals surface area contributed by atoms with Crippen molar-refractivity contribution in [1.82, 2.24) is 31.9 Å². The van der Waals surface area contributed by atoms with Crippen LogP contribution in [0.4, 0.5) is 4.79 Å². The molecule has 3 aliphatic rings. The fourth-order valence-corrected chi connectivity index (χ4v) is 6.31. The Morgan fingerprint density at radius 3 is 2.02 bits per heavy atom. The molecule has 0 spiro atoms. The average Bonchev–Trinajstić information content (AvgIpc) is 3.53. The predicted molar refractivity (Wildman–Crippen MR) is 189 cm³/mol. The van der Waals surface area contributed by atoms with Gasteiger partial charge in [-0.25, -0.2) is 9.79 Å². The summed E-state index contributed by atoms with van der Waals surface area (Å²) < 4.78 is 10.8. The number of amides is 5. The SMILES string of the molecule is NCCCC(N)CC(=O)NCCCC(N)CC(=O)NCCCC(N)CC(=O)NC1C(NC2=NC3C(=O)NCC(O)C3N2)OC(CO)C(OC(N)=O)C1O. The van der Waals surface area contributed by atoms with Gasteiger partial charge in [-0.2, -0.15) is 0 Å². The van der Waals surface area contributed by atoms with Crippen molar-refractivity contribution < 1.29 is 48.8 Å². The van der Waals surface area contributed by atoms with E-state index in [4.69, 9.17) is 38.1 Å². The van der Waals surface area contributed by atoms with Crippen LogP contribution in [0, 0.1) is 0 Å². The highest BCUT2D eigenvalue weighted by atomic mass is 16.6. The molecule has 0 aromatic rings. The number of nitrogens with one attached hydrogen (secondary N) is 6. The third-order valence-electron chi connectivity index (χ3n) is 9.11. The first kappa shape index (κ1) is 43.5. The molecule has 0 bridgehead atoms. The van der Waals surface area contributed by atoms with E-state index < -0.39 is 85.4 Å². The molecule has 2 fully saturated rings. The zero-order valence-electron chi connectivity index (χ0n) is 29.8. The van der Waals surface area contributed by atoms with E-state index in [2.05, 4.69) is 36.9 Å². The lowest BCUT2D eigenvalue weighted by atomic mass is 9.95. The third-order valence-corrected chi connectivity index (χ3v) is 9.11. The van der Waals surface area contributed by atoms with E-state index in [-0.39, 0.29) is 49.6 Å². The fraction of sp³-hybridized carbons (Fsp3) is 0.806. The molecule has 11 atom stereocenters. The Morgan fingerprint density at radius 1 is 0.925 bits per heavy atom. The van der Waals surface area contributed by atoms with E-state index in [1.54, 1.807) is 0 Å². The first-order chi connectivity index (χ1) is 25.2. The second-order valence-electron chi connectivity index (χ2n) is 13.6. The summed E-state index contributed by atoms with van der Waals surface area (Å²) in [6.07, 6.45) is -4.27. The number of β-amino-alcohol motifs (C(OH)–C–C–N with tert-alkyl or cyclic N) is 1. The van der Waals surface area contributed by atoms with Crippen molar-refractivity contribution in [2.75, 3.05) is 32.8 Å². The number of primary amides is 1. The number of nitrogens with two attached hydrogens (primary N) is 5. The summed E-state index contributed by atoms with van der Waals surface area (Å²) in [4.78, 5) is 65.5. The number of nitrogens with zero attached hydrogens (tertiary/aromatic N) is 1. The van der Waals surface area contributed by atoms with Crippen molar-refractivity contribution >= 4 is 35.7 Å². The number of aliphatic hydroxyl groups is 3. The Kier molecular flexibility index (Phi) is 17.8. The Labute approximate surface area is 307 Å². The van der Waals surface area contributed by atoms with Crippen LogP contribution in [0.1, 0.15) is 57.8 Å². The minimum absolute atomic E-state index is 0.0174. The Morgan fingerprint density at radius 2 is 1.49 bits per heavy atom. The summed E-state index contributed by atoms with van der Waals surface area (Å²) in [5, 5.41) is 47.9. The van der Waals surface area contributed by atoms with Crippen LogP contribution < -0.4 is 60.6 Å². The van der Waals surface area contributed by atoms with Gasteiger partial charge in [0.15, 0.2) is 24.3 Å². The van der Waals surface area contributed by atoms with Gasteiger partial charge in [0, 0.05) is 57.0 Å². The monoisotopic (exact) mass is 758 g/mol. The van der Waals surface area contributed by atoms with Crippen LogP contribution in [0.15, 0.2) is 4.99 Å². The number of rotatable bonds is 21. The third kappa shape index (κ3) is 14.1. The van der Waals surface area contributed by atoms with Gasteiger partial charge in [-0.1, -0.05) is 0 Å². The summed E-state index contributed by atoms with van der Waals surface area (Å²) in [6, 6.07) is -4.24. The predicted octanol–water partition coefficient (Wildman–Crippen LogP) is -6.53. The zero-order valence-corrected chi connectivity index (χ0v) is 29.8. The second kappa shape index (κ2) is 21.7. The highest BCUT2D eigenvalue weighted by Gasteiger charge is 2.49. The Balaban J connectivity index is 1.42. The quantitative estimate of drug-likeness (QED) is 0.0484. The average molecular weight is 759 g/mol. The number of ether oxygens (including phenoxy) is 2. The topological polar surface area (TPSA) is 379 Å². The van der Waals surface area contributed by atoms with Crippen LogP contribution in [-0.2, 0) is 28.7 Å². The van der Waals surface area contributed by atoms with E-state index in [1.165, 1.54) is 0 Å². The van der Waals surface area contributed by atoms with Crippen LogP contribution in [0.2, 0.25) is 0 Å².